The largest absolute Gasteiger partial charge is 0.355 e. The number of rotatable bonds is 5. The number of piperidine rings is 1. The molecule has 0 aliphatic carbocycles. The predicted molar refractivity (Wildman–Crippen MR) is 132 cm³/mol. The maximum absolute atomic E-state index is 13.5. The van der Waals surface area contributed by atoms with E-state index < -0.39 is 6.04 Å². The van der Waals surface area contributed by atoms with Crippen molar-refractivity contribution >= 4 is 44.7 Å². The Morgan fingerprint density at radius 2 is 1.97 bits per heavy atom. The van der Waals surface area contributed by atoms with Crippen LogP contribution in [-0.4, -0.2) is 43.5 Å². The number of ketones is 1. The van der Waals surface area contributed by atoms with Gasteiger partial charge in [-0.3, -0.25) is 19.1 Å². The summed E-state index contributed by atoms with van der Waals surface area (Å²) in [7, 11) is 1.90. The zero-order chi connectivity index (χ0) is 23.8. The van der Waals surface area contributed by atoms with Crippen LogP contribution in [0.15, 0.2) is 59.7 Å². The zero-order valence-corrected chi connectivity index (χ0v) is 19.3. The van der Waals surface area contributed by atoms with E-state index in [1.807, 2.05) is 54.2 Å². The maximum atomic E-state index is 13.5. The molecule has 34 heavy (non-hydrogen) atoms. The molecule has 8 nitrogen and oxygen atoms in total. The number of carbonyl (C=O) groups excluding carboxylic acids is 2. The van der Waals surface area contributed by atoms with Crippen LogP contribution in [-0.2, 0) is 23.2 Å². The van der Waals surface area contributed by atoms with Crippen molar-refractivity contribution in [1.82, 2.24) is 19.2 Å². The summed E-state index contributed by atoms with van der Waals surface area (Å²) in [6.07, 6.45) is 5.95. The number of aromatic nitrogens is 3. The molecule has 1 fully saturated rings. The third-order valence-corrected chi connectivity index (χ3v) is 6.63. The molecule has 1 N–H and O–H groups in total. The Hall–Kier alpha value is -3.94. The molecule has 1 unspecified atom stereocenters. The van der Waals surface area contributed by atoms with Crippen molar-refractivity contribution in [2.24, 2.45) is 7.05 Å². The number of hydrogen-bond donors (Lipinski definition) is 1. The summed E-state index contributed by atoms with van der Waals surface area (Å²) < 4.78 is 3.25. The van der Waals surface area contributed by atoms with Gasteiger partial charge in [0.25, 0.3) is 5.56 Å². The van der Waals surface area contributed by atoms with Gasteiger partial charge < -0.3 is 14.8 Å². The van der Waals surface area contributed by atoms with E-state index >= 15 is 0 Å². The van der Waals surface area contributed by atoms with Gasteiger partial charge in [0.1, 0.15) is 6.54 Å². The molecule has 2 aromatic carbocycles. The smallest absolute Gasteiger partial charge is 0.261 e. The monoisotopic (exact) mass is 457 g/mol. The highest BCUT2D eigenvalue weighted by molar-refractivity contribution is 5.96. The second kappa shape index (κ2) is 8.78. The van der Waals surface area contributed by atoms with E-state index in [1.165, 1.54) is 11.5 Å². The first-order chi connectivity index (χ1) is 16.4. The van der Waals surface area contributed by atoms with Crippen LogP contribution >= 0.6 is 0 Å². The number of carbonyl (C=O) groups is 2. The molecule has 0 bridgehead atoms. The van der Waals surface area contributed by atoms with Crippen molar-refractivity contribution in [2.45, 2.75) is 38.8 Å². The third-order valence-electron chi connectivity index (χ3n) is 6.63. The summed E-state index contributed by atoms with van der Waals surface area (Å²) in [5.41, 5.74) is 2.29. The van der Waals surface area contributed by atoms with Crippen molar-refractivity contribution in [2.75, 3.05) is 11.9 Å². The zero-order valence-electron chi connectivity index (χ0n) is 19.3. The van der Waals surface area contributed by atoms with Crippen molar-refractivity contribution in [1.29, 1.82) is 0 Å². The van der Waals surface area contributed by atoms with Crippen LogP contribution in [0, 0.1) is 0 Å². The Labute approximate surface area is 196 Å². The number of nitrogens with one attached hydrogen (secondary N) is 1. The number of amides is 1. The molecule has 0 radical (unpaired) electrons. The Kier molecular flexibility index (Phi) is 5.65. The maximum Gasteiger partial charge on any atom is 0.261 e. The van der Waals surface area contributed by atoms with E-state index in [4.69, 9.17) is 0 Å². The number of nitrogens with zero attached hydrogens (tertiary/aromatic N) is 4. The van der Waals surface area contributed by atoms with Gasteiger partial charge in [0, 0.05) is 30.9 Å². The fourth-order valence-corrected chi connectivity index (χ4v) is 4.84. The highest BCUT2D eigenvalue weighted by Crippen LogP contribution is 2.26. The Bertz CT molecular complexity index is 1470. The van der Waals surface area contributed by atoms with Crippen LogP contribution in [0.3, 0.4) is 0 Å². The van der Waals surface area contributed by atoms with Crippen molar-refractivity contribution < 1.29 is 9.59 Å². The van der Waals surface area contributed by atoms with E-state index in [9.17, 15) is 14.4 Å². The van der Waals surface area contributed by atoms with Crippen molar-refractivity contribution in [3.05, 3.63) is 65.2 Å². The first kappa shape index (κ1) is 21.9. The van der Waals surface area contributed by atoms with Gasteiger partial charge in [-0.25, -0.2) is 0 Å². The molecule has 8 heteroatoms. The van der Waals surface area contributed by atoms with Crippen LogP contribution in [0.4, 0.5) is 11.4 Å². The van der Waals surface area contributed by atoms with Gasteiger partial charge in [-0.15, -0.1) is 0 Å². The van der Waals surface area contributed by atoms with E-state index in [0.717, 1.165) is 34.8 Å². The standard InChI is InChI=1S/C26H27N5O3/c1-17(32)22-8-3-4-12-31(22)24(33)16-30-13-11-18-6-5-7-21(25(18)26(30)34)28-20-9-10-23-19(14-20)15-27-29(23)2/h5-7,9-11,13-15,22,28H,3-4,8,12,16H2,1-2H3. The van der Waals surface area contributed by atoms with Crippen molar-refractivity contribution in [3.63, 3.8) is 0 Å². The second-order valence-corrected chi connectivity index (χ2v) is 8.89. The third kappa shape index (κ3) is 3.96. The molecule has 1 saturated heterocycles. The highest BCUT2D eigenvalue weighted by atomic mass is 16.2. The van der Waals surface area contributed by atoms with E-state index in [0.29, 0.717) is 24.0 Å². The molecule has 3 heterocycles. The molecule has 174 valence electrons. The van der Waals surface area contributed by atoms with Gasteiger partial charge in [-0.05, 0) is 61.9 Å². The molecule has 0 saturated carbocycles. The number of anilines is 2. The molecular weight excluding hydrogens is 430 g/mol. The van der Waals surface area contributed by atoms with Crippen LogP contribution < -0.4 is 10.9 Å². The summed E-state index contributed by atoms with van der Waals surface area (Å²) in [6, 6.07) is 13.0. The van der Waals surface area contributed by atoms with Crippen LogP contribution in [0.2, 0.25) is 0 Å². The average Bonchev–Trinajstić information content (AvgIpc) is 3.20. The molecule has 1 atom stereocenters. The van der Waals surface area contributed by atoms with Crippen LogP contribution in [0.5, 0.6) is 0 Å². The fraction of sp³-hybridized carbons (Fsp3) is 0.308. The number of fused-ring (bicyclic) bond motifs is 2. The molecule has 0 spiro atoms. The summed E-state index contributed by atoms with van der Waals surface area (Å²) in [6.45, 7) is 1.99. The summed E-state index contributed by atoms with van der Waals surface area (Å²) in [5.74, 6) is -0.204. The number of hydrogen-bond acceptors (Lipinski definition) is 5. The number of benzene rings is 2. The topological polar surface area (TPSA) is 89.2 Å². The Morgan fingerprint density at radius 3 is 2.79 bits per heavy atom. The number of Topliss-reactive ketones (excluding diaryl/α,β-unsaturated/α-hetero) is 1. The van der Waals surface area contributed by atoms with Gasteiger partial charge in [0.15, 0.2) is 5.78 Å². The van der Waals surface area contributed by atoms with Gasteiger partial charge in [-0.2, -0.15) is 5.10 Å². The number of aryl methyl sites for hydroxylation is 1. The second-order valence-electron chi connectivity index (χ2n) is 8.89. The van der Waals surface area contributed by atoms with Crippen LogP contribution in [0.25, 0.3) is 21.7 Å². The Morgan fingerprint density at radius 1 is 1.12 bits per heavy atom. The molecular formula is C26H27N5O3. The van der Waals surface area contributed by atoms with Gasteiger partial charge in [0.2, 0.25) is 5.91 Å². The molecule has 1 amide bonds. The van der Waals surface area contributed by atoms with E-state index in [-0.39, 0.29) is 23.8 Å². The summed E-state index contributed by atoms with van der Waals surface area (Å²) in [5, 5.41) is 9.95. The Balaban J connectivity index is 1.47. The lowest BCUT2D eigenvalue weighted by atomic mass is 9.99. The molecule has 5 rings (SSSR count). The fourth-order valence-electron chi connectivity index (χ4n) is 4.84. The molecule has 4 aromatic rings. The number of likely N-dealkylation sites (tertiary alicyclic amines) is 1. The average molecular weight is 458 g/mol. The minimum Gasteiger partial charge on any atom is -0.355 e. The normalized spacial score (nSPS) is 16.2. The summed E-state index contributed by atoms with van der Waals surface area (Å²) >= 11 is 0. The van der Waals surface area contributed by atoms with Gasteiger partial charge in [0.05, 0.1) is 28.8 Å². The number of pyridine rings is 1. The molecule has 1 aliphatic rings. The lowest BCUT2D eigenvalue weighted by molar-refractivity contribution is -0.141. The van der Waals surface area contributed by atoms with Crippen LogP contribution in [0.1, 0.15) is 26.2 Å². The first-order valence-corrected chi connectivity index (χ1v) is 11.5. The first-order valence-electron chi connectivity index (χ1n) is 11.5. The molecule has 2 aromatic heterocycles. The SMILES string of the molecule is CC(=O)C1CCCCN1C(=O)Cn1ccc2cccc(Nc3ccc4c(cnn4C)c3)c2c1=O. The van der Waals surface area contributed by atoms with E-state index in [2.05, 4.69) is 10.4 Å². The minimum absolute atomic E-state index is 0.00372. The quantitative estimate of drug-likeness (QED) is 0.495. The molecule has 1 aliphatic heterocycles. The van der Waals surface area contributed by atoms with Gasteiger partial charge >= 0.3 is 0 Å². The van der Waals surface area contributed by atoms with Gasteiger partial charge in [-0.1, -0.05) is 12.1 Å². The van der Waals surface area contributed by atoms with Crippen molar-refractivity contribution in [3.8, 4) is 0 Å². The predicted octanol–water partition coefficient (Wildman–Crippen LogP) is 3.60. The highest BCUT2D eigenvalue weighted by Gasteiger charge is 2.30. The lowest BCUT2D eigenvalue weighted by Gasteiger charge is -2.34. The lowest BCUT2D eigenvalue weighted by Crippen LogP contribution is -2.49. The van der Waals surface area contributed by atoms with E-state index in [1.54, 1.807) is 17.3 Å². The summed E-state index contributed by atoms with van der Waals surface area (Å²) in [4.78, 5) is 40.2. The minimum atomic E-state index is -0.392.